The largest absolute Gasteiger partial charge is 0.388 e. The van der Waals surface area contributed by atoms with Gasteiger partial charge >= 0.3 is 0 Å². The SMILES string of the molecule is CC(C)(C)C(OO)C(C)(C)O. The Bertz CT molecular complexity index is 104. The van der Waals surface area contributed by atoms with Crippen molar-refractivity contribution in [2.45, 2.75) is 46.3 Å². The molecule has 0 aromatic rings. The van der Waals surface area contributed by atoms with Gasteiger partial charge in [-0.1, -0.05) is 20.8 Å². The lowest BCUT2D eigenvalue weighted by atomic mass is 9.80. The zero-order valence-electron chi connectivity index (χ0n) is 7.88. The first kappa shape index (κ1) is 10.9. The minimum Gasteiger partial charge on any atom is -0.388 e. The van der Waals surface area contributed by atoms with Crippen LogP contribution in [0.4, 0.5) is 0 Å². The summed E-state index contributed by atoms with van der Waals surface area (Å²) in [6.45, 7) is 8.90. The van der Waals surface area contributed by atoms with Crippen molar-refractivity contribution in [1.29, 1.82) is 0 Å². The molecule has 0 aromatic carbocycles. The molecule has 0 saturated heterocycles. The van der Waals surface area contributed by atoms with E-state index in [1.807, 2.05) is 20.8 Å². The molecule has 3 nitrogen and oxygen atoms in total. The first-order valence-electron chi connectivity index (χ1n) is 3.72. The summed E-state index contributed by atoms with van der Waals surface area (Å²) in [6, 6.07) is 0. The van der Waals surface area contributed by atoms with Crippen LogP contribution in [0.15, 0.2) is 0 Å². The van der Waals surface area contributed by atoms with Crippen LogP contribution in [0, 0.1) is 5.41 Å². The summed E-state index contributed by atoms with van der Waals surface area (Å²) < 4.78 is 0. The summed E-state index contributed by atoms with van der Waals surface area (Å²) in [5, 5.41) is 18.1. The minimum atomic E-state index is -1.02. The topological polar surface area (TPSA) is 49.7 Å². The molecular weight excluding hydrogens is 144 g/mol. The van der Waals surface area contributed by atoms with Crippen LogP contribution in [0.5, 0.6) is 0 Å². The van der Waals surface area contributed by atoms with E-state index in [1.54, 1.807) is 13.8 Å². The van der Waals surface area contributed by atoms with E-state index in [4.69, 9.17) is 5.26 Å². The molecule has 0 aliphatic heterocycles. The van der Waals surface area contributed by atoms with E-state index in [0.29, 0.717) is 0 Å². The average molecular weight is 162 g/mol. The fourth-order valence-electron chi connectivity index (χ4n) is 1.35. The van der Waals surface area contributed by atoms with E-state index >= 15 is 0 Å². The molecule has 11 heavy (non-hydrogen) atoms. The maximum atomic E-state index is 9.53. The van der Waals surface area contributed by atoms with E-state index in [9.17, 15) is 5.11 Å². The van der Waals surface area contributed by atoms with Gasteiger partial charge in [0, 0.05) is 0 Å². The first-order valence-corrected chi connectivity index (χ1v) is 3.72. The Morgan fingerprint density at radius 1 is 1.09 bits per heavy atom. The second-order valence-electron chi connectivity index (χ2n) is 4.51. The van der Waals surface area contributed by atoms with Crippen LogP contribution in [0.1, 0.15) is 34.6 Å². The molecule has 0 fully saturated rings. The molecule has 0 heterocycles. The lowest BCUT2D eigenvalue weighted by Gasteiger charge is -2.36. The van der Waals surface area contributed by atoms with Crippen LogP contribution in [0.2, 0.25) is 0 Å². The van der Waals surface area contributed by atoms with Crippen molar-refractivity contribution < 1.29 is 15.3 Å². The van der Waals surface area contributed by atoms with E-state index in [0.717, 1.165) is 0 Å². The van der Waals surface area contributed by atoms with E-state index in [1.165, 1.54) is 0 Å². The standard InChI is InChI=1S/C8H18O3/c1-7(2,3)6(11-10)8(4,5)9/h6,9-10H,1-5H3. The second-order valence-corrected chi connectivity index (χ2v) is 4.51. The molecule has 0 spiro atoms. The van der Waals surface area contributed by atoms with Gasteiger partial charge in [0.05, 0.1) is 5.60 Å². The van der Waals surface area contributed by atoms with Crippen molar-refractivity contribution in [3.05, 3.63) is 0 Å². The van der Waals surface area contributed by atoms with Crippen LogP contribution in [-0.4, -0.2) is 22.1 Å². The lowest BCUT2D eigenvalue weighted by molar-refractivity contribution is -0.332. The summed E-state index contributed by atoms with van der Waals surface area (Å²) in [5.74, 6) is 0. The predicted molar refractivity (Wildman–Crippen MR) is 43.3 cm³/mol. The molecule has 2 N–H and O–H groups in total. The molecule has 0 saturated carbocycles. The van der Waals surface area contributed by atoms with E-state index < -0.39 is 11.7 Å². The molecule has 1 unspecified atom stereocenters. The predicted octanol–water partition coefficient (Wildman–Crippen LogP) is 1.66. The Balaban J connectivity index is 4.43. The summed E-state index contributed by atoms with van der Waals surface area (Å²) in [4.78, 5) is 4.23. The van der Waals surface area contributed by atoms with Gasteiger partial charge in [0.15, 0.2) is 0 Å². The van der Waals surface area contributed by atoms with Crippen molar-refractivity contribution in [2.75, 3.05) is 0 Å². The minimum absolute atomic E-state index is 0.271. The van der Waals surface area contributed by atoms with Crippen LogP contribution in [-0.2, 0) is 4.89 Å². The lowest BCUT2D eigenvalue weighted by Crippen LogP contribution is -2.46. The summed E-state index contributed by atoms with van der Waals surface area (Å²) in [5.41, 5.74) is -1.29. The van der Waals surface area contributed by atoms with Gasteiger partial charge in [-0.3, -0.25) is 5.26 Å². The third-order valence-electron chi connectivity index (χ3n) is 1.53. The molecule has 0 aliphatic carbocycles. The van der Waals surface area contributed by atoms with Crippen molar-refractivity contribution in [2.24, 2.45) is 5.41 Å². The van der Waals surface area contributed by atoms with Crippen molar-refractivity contribution in [3.8, 4) is 0 Å². The molecule has 0 amide bonds. The Labute approximate surface area is 67.9 Å². The van der Waals surface area contributed by atoms with Crippen LogP contribution < -0.4 is 0 Å². The van der Waals surface area contributed by atoms with Gasteiger partial charge in [0.1, 0.15) is 6.10 Å². The Morgan fingerprint density at radius 2 is 1.45 bits per heavy atom. The molecule has 1 atom stereocenters. The van der Waals surface area contributed by atoms with Crippen molar-refractivity contribution in [3.63, 3.8) is 0 Å². The Hall–Kier alpha value is -0.120. The smallest absolute Gasteiger partial charge is 0.125 e. The molecular formula is C8H18O3. The number of rotatable bonds is 2. The van der Waals surface area contributed by atoms with Gasteiger partial charge in [-0.2, -0.15) is 0 Å². The molecule has 68 valence electrons. The number of hydrogen-bond acceptors (Lipinski definition) is 3. The molecule has 0 aliphatic rings. The molecule has 0 aromatic heterocycles. The van der Waals surface area contributed by atoms with Gasteiger partial charge in [0.2, 0.25) is 0 Å². The summed E-state index contributed by atoms with van der Waals surface area (Å²) >= 11 is 0. The van der Waals surface area contributed by atoms with Gasteiger partial charge in [-0.05, 0) is 19.3 Å². The third kappa shape index (κ3) is 3.18. The normalized spacial score (nSPS) is 16.6. The van der Waals surface area contributed by atoms with Crippen LogP contribution in [0.3, 0.4) is 0 Å². The number of hydrogen-bond donors (Lipinski definition) is 2. The fraction of sp³-hybridized carbons (Fsp3) is 1.00. The summed E-state index contributed by atoms with van der Waals surface area (Å²) in [6.07, 6.45) is -0.574. The quantitative estimate of drug-likeness (QED) is 0.479. The maximum absolute atomic E-state index is 9.53. The number of aliphatic hydroxyl groups is 1. The van der Waals surface area contributed by atoms with Gasteiger partial charge in [-0.25, -0.2) is 4.89 Å². The van der Waals surface area contributed by atoms with Gasteiger partial charge < -0.3 is 5.11 Å². The van der Waals surface area contributed by atoms with E-state index in [2.05, 4.69) is 4.89 Å². The Morgan fingerprint density at radius 3 is 1.45 bits per heavy atom. The zero-order valence-corrected chi connectivity index (χ0v) is 7.88. The highest BCUT2D eigenvalue weighted by molar-refractivity contribution is 4.86. The summed E-state index contributed by atoms with van der Waals surface area (Å²) in [7, 11) is 0. The second kappa shape index (κ2) is 3.09. The third-order valence-corrected chi connectivity index (χ3v) is 1.53. The van der Waals surface area contributed by atoms with E-state index in [-0.39, 0.29) is 5.41 Å². The van der Waals surface area contributed by atoms with Gasteiger partial charge in [-0.15, -0.1) is 0 Å². The highest BCUT2D eigenvalue weighted by Crippen LogP contribution is 2.29. The Kier molecular flexibility index (Phi) is 3.06. The average Bonchev–Trinajstić information content (AvgIpc) is 1.56. The molecule has 3 heteroatoms. The molecule has 0 rings (SSSR count). The maximum Gasteiger partial charge on any atom is 0.125 e. The van der Waals surface area contributed by atoms with Crippen LogP contribution in [0.25, 0.3) is 0 Å². The molecule has 0 bridgehead atoms. The fourth-order valence-corrected chi connectivity index (χ4v) is 1.35. The monoisotopic (exact) mass is 162 g/mol. The highest BCUT2D eigenvalue weighted by Gasteiger charge is 2.38. The van der Waals surface area contributed by atoms with Crippen LogP contribution >= 0.6 is 0 Å². The van der Waals surface area contributed by atoms with Gasteiger partial charge in [0.25, 0.3) is 0 Å². The van der Waals surface area contributed by atoms with Crippen molar-refractivity contribution in [1.82, 2.24) is 0 Å². The molecule has 0 radical (unpaired) electrons. The highest BCUT2D eigenvalue weighted by atomic mass is 17.1. The van der Waals surface area contributed by atoms with Crippen molar-refractivity contribution >= 4 is 0 Å². The zero-order chi connectivity index (χ0) is 9.28. The first-order chi connectivity index (χ1) is 4.69.